The number of rotatable bonds is 3. The highest BCUT2D eigenvalue weighted by Crippen LogP contribution is 2.25. The van der Waals surface area contributed by atoms with Crippen LogP contribution in [0.2, 0.25) is 0 Å². The number of aryl methyl sites for hydroxylation is 2. The third kappa shape index (κ3) is 2.36. The largest absolute Gasteiger partial charge is 0.476 e. The Labute approximate surface area is 96.9 Å². The number of hydrogen-bond donors (Lipinski definition) is 0. The minimum Gasteiger partial charge on any atom is -0.476 e. The van der Waals surface area contributed by atoms with Gasteiger partial charge in [0, 0.05) is 0 Å². The molecule has 1 atom stereocenters. The average Bonchev–Trinajstić information content (AvgIpc) is 2.35. The maximum Gasteiger partial charge on any atom is 0.184 e. The van der Waals surface area contributed by atoms with Crippen molar-refractivity contribution in [3.63, 3.8) is 0 Å². The molecule has 16 heavy (non-hydrogen) atoms. The fraction of sp³-hybridized carbons (Fsp3) is 0.500. The van der Waals surface area contributed by atoms with Crippen LogP contribution in [0.5, 0.6) is 5.75 Å². The number of fused-ring (bicyclic) bond motifs is 1. The molecule has 84 valence electrons. The first-order chi connectivity index (χ1) is 7.83. The first-order valence-corrected chi connectivity index (χ1v) is 6.01. The Morgan fingerprint density at radius 1 is 1.31 bits per heavy atom. The van der Waals surface area contributed by atoms with E-state index < -0.39 is 0 Å². The molecule has 0 aliphatic heterocycles. The van der Waals surface area contributed by atoms with Crippen LogP contribution in [-0.4, -0.2) is 6.10 Å². The van der Waals surface area contributed by atoms with Crippen molar-refractivity contribution >= 4 is 0 Å². The fourth-order valence-corrected chi connectivity index (χ4v) is 2.15. The van der Waals surface area contributed by atoms with Crippen LogP contribution < -0.4 is 4.74 Å². The Morgan fingerprint density at radius 3 is 2.75 bits per heavy atom. The summed E-state index contributed by atoms with van der Waals surface area (Å²) >= 11 is 0. The van der Waals surface area contributed by atoms with E-state index in [4.69, 9.17) is 10.00 Å². The van der Waals surface area contributed by atoms with Gasteiger partial charge in [-0.15, -0.1) is 0 Å². The molecule has 1 aromatic carbocycles. The lowest BCUT2D eigenvalue weighted by atomic mass is 9.92. The zero-order valence-electron chi connectivity index (χ0n) is 9.70. The Morgan fingerprint density at radius 2 is 2.06 bits per heavy atom. The lowest BCUT2D eigenvalue weighted by Crippen LogP contribution is -2.13. The highest BCUT2D eigenvalue weighted by atomic mass is 16.5. The Balaban J connectivity index is 2.14. The Kier molecular flexibility index (Phi) is 3.46. The molecular formula is C14H17NO. The predicted molar refractivity (Wildman–Crippen MR) is 63.4 cm³/mol. The molecule has 1 aliphatic rings. The summed E-state index contributed by atoms with van der Waals surface area (Å²) in [6, 6.07) is 8.40. The first kappa shape index (κ1) is 11.0. The quantitative estimate of drug-likeness (QED) is 0.775. The molecule has 1 aromatic rings. The van der Waals surface area contributed by atoms with Crippen molar-refractivity contribution in [1.82, 2.24) is 0 Å². The topological polar surface area (TPSA) is 33.0 Å². The number of benzene rings is 1. The van der Waals surface area contributed by atoms with Crippen molar-refractivity contribution < 1.29 is 4.74 Å². The van der Waals surface area contributed by atoms with Crippen LogP contribution in [0.15, 0.2) is 18.2 Å². The van der Waals surface area contributed by atoms with Crippen molar-refractivity contribution in [2.75, 3.05) is 0 Å². The summed E-state index contributed by atoms with van der Waals surface area (Å²) < 4.78 is 5.62. The van der Waals surface area contributed by atoms with E-state index >= 15 is 0 Å². The minimum absolute atomic E-state index is 0.318. The van der Waals surface area contributed by atoms with Gasteiger partial charge >= 0.3 is 0 Å². The van der Waals surface area contributed by atoms with E-state index in [2.05, 4.69) is 18.2 Å². The van der Waals surface area contributed by atoms with E-state index in [0.29, 0.717) is 0 Å². The van der Waals surface area contributed by atoms with Gasteiger partial charge in [-0.1, -0.05) is 13.0 Å². The number of nitriles is 1. The molecule has 0 saturated carbocycles. The van der Waals surface area contributed by atoms with E-state index in [1.165, 1.54) is 30.4 Å². The molecule has 0 N–H and O–H groups in total. The standard InChI is InChI=1S/C14H17NO/c1-2-13(10-15)16-14-8-7-11-5-3-4-6-12(11)9-14/h7-9,13H,2-6H2,1H3. The van der Waals surface area contributed by atoms with E-state index in [9.17, 15) is 0 Å². The molecule has 0 heterocycles. The molecule has 0 fully saturated rings. The SMILES string of the molecule is CCC(C#N)Oc1ccc2c(c1)CCCC2. The first-order valence-electron chi connectivity index (χ1n) is 6.01. The summed E-state index contributed by atoms with van der Waals surface area (Å²) in [5.41, 5.74) is 2.85. The van der Waals surface area contributed by atoms with E-state index in [1.54, 1.807) is 0 Å². The molecule has 0 radical (unpaired) electrons. The summed E-state index contributed by atoms with van der Waals surface area (Å²) in [7, 11) is 0. The summed E-state index contributed by atoms with van der Waals surface area (Å²) in [4.78, 5) is 0. The van der Waals surface area contributed by atoms with Gasteiger partial charge in [0.05, 0.1) is 0 Å². The second-order valence-corrected chi connectivity index (χ2v) is 4.28. The third-order valence-corrected chi connectivity index (χ3v) is 3.11. The van der Waals surface area contributed by atoms with Gasteiger partial charge in [0.25, 0.3) is 0 Å². The lowest BCUT2D eigenvalue weighted by Gasteiger charge is -2.17. The van der Waals surface area contributed by atoms with Gasteiger partial charge in [-0.05, 0) is 55.4 Å². The van der Waals surface area contributed by atoms with Gasteiger partial charge in [-0.25, -0.2) is 0 Å². The summed E-state index contributed by atoms with van der Waals surface area (Å²) in [5.74, 6) is 0.842. The fourth-order valence-electron chi connectivity index (χ4n) is 2.15. The average molecular weight is 215 g/mol. The molecule has 0 bridgehead atoms. The Bertz CT molecular complexity index is 406. The maximum absolute atomic E-state index is 8.85. The van der Waals surface area contributed by atoms with Crippen LogP contribution in [0.25, 0.3) is 0 Å². The molecule has 0 aromatic heterocycles. The lowest BCUT2D eigenvalue weighted by molar-refractivity contribution is 0.251. The van der Waals surface area contributed by atoms with E-state index in [-0.39, 0.29) is 6.10 Å². The molecule has 0 amide bonds. The monoisotopic (exact) mass is 215 g/mol. The second-order valence-electron chi connectivity index (χ2n) is 4.28. The van der Waals surface area contributed by atoms with Crippen LogP contribution in [0.3, 0.4) is 0 Å². The van der Waals surface area contributed by atoms with Crippen LogP contribution in [0, 0.1) is 11.3 Å². The normalized spacial score (nSPS) is 16.0. The molecule has 0 saturated heterocycles. The van der Waals surface area contributed by atoms with Gasteiger partial charge in [0.15, 0.2) is 6.10 Å². The number of ether oxygens (including phenoxy) is 1. The van der Waals surface area contributed by atoms with Gasteiger partial charge in [-0.3, -0.25) is 0 Å². The summed E-state index contributed by atoms with van der Waals surface area (Å²) in [6.07, 6.45) is 5.31. The number of hydrogen-bond acceptors (Lipinski definition) is 2. The molecule has 2 heteroatoms. The van der Waals surface area contributed by atoms with Crippen molar-refractivity contribution in [2.45, 2.75) is 45.1 Å². The van der Waals surface area contributed by atoms with Crippen LogP contribution in [0.4, 0.5) is 0 Å². The van der Waals surface area contributed by atoms with Gasteiger partial charge in [-0.2, -0.15) is 5.26 Å². The third-order valence-electron chi connectivity index (χ3n) is 3.11. The molecular weight excluding hydrogens is 198 g/mol. The predicted octanol–water partition coefficient (Wildman–Crippen LogP) is 3.25. The molecule has 2 rings (SSSR count). The summed E-state index contributed by atoms with van der Waals surface area (Å²) in [5, 5.41) is 8.85. The van der Waals surface area contributed by atoms with Crippen molar-refractivity contribution in [3.05, 3.63) is 29.3 Å². The highest BCUT2D eigenvalue weighted by Gasteiger charge is 2.11. The van der Waals surface area contributed by atoms with Crippen LogP contribution in [0.1, 0.15) is 37.3 Å². The molecule has 1 aliphatic carbocycles. The maximum atomic E-state index is 8.85. The smallest absolute Gasteiger partial charge is 0.184 e. The van der Waals surface area contributed by atoms with Gasteiger partial charge in [0.2, 0.25) is 0 Å². The van der Waals surface area contributed by atoms with Crippen molar-refractivity contribution in [2.24, 2.45) is 0 Å². The zero-order chi connectivity index (χ0) is 11.4. The van der Waals surface area contributed by atoms with Crippen LogP contribution >= 0.6 is 0 Å². The number of nitrogens with zero attached hydrogens (tertiary/aromatic N) is 1. The van der Waals surface area contributed by atoms with E-state index in [1.807, 2.05) is 13.0 Å². The van der Waals surface area contributed by atoms with Gasteiger partial charge in [0.1, 0.15) is 11.8 Å². The summed E-state index contributed by atoms with van der Waals surface area (Å²) in [6.45, 7) is 1.96. The minimum atomic E-state index is -0.318. The van der Waals surface area contributed by atoms with Gasteiger partial charge < -0.3 is 4.74 Å². The van der Waals surface area contributed by atoms with Crippen LogP contribution in [-0.2, 0) is 12.8 Å². The van der Waals surface area contributed by atoms with Crippen molar-refractivity contribution in [3.8, 4) is 11.8 Å². The highest BCUT2D eigenvalue weighted by molar-refractivity contribution is 5.37. The Hall–Kier alpha value is -1.49. The van der Waals surface area contributed by atoms with E-state index in [0.717, 1.165) is 18.6 Å². The molecule has 1 unspecified atom stereocenters. The second kappa shape index (κ2) is 5.03. The zero-order valence-corrected chi connectivity index (χ0v) is 9.70. The van der Waals surface area contributed by atoms with Crippen molar-refractivity contribution in [1.29, 1.82) is 5.26 Å². The molecule has 2 nitrogen and oxygen atoms in total. The molecule has 0 spiro atoms.